The van der Waals surface area contributed by atoms with E-state index in [9.17, 15) is 4.79 Å². The highest BCUT2D eigenvalue weighted by molar-refractivity contribution is 5.85. The molecule has 0 N–H and O–H groups in total. The second kappa shape index (κ2) is 6.15. The van der Waals surface area contributed by atoms with Crippen molar-refractivity contribution in [3.63, 3.8) is 0 Å². The Balaban J connectivity index is 1.53. The van der Waals surface area contributed by atoms with Crippen LogP contribution in [-0.4, -0.2) is 64.4 Å². The third-order valence-electron chi connectivity index (χ3n) is 6.33. The lowest BCUT2D eigenvalue weighted by atomic mass is 9.68. The van der Waals surface area contributed by atoms with Crippen molar-refractivity contribution in [2.75, 3.05) is 26.8 Å². The van der Waals surface area contributed by atoms with Gasteiger partial charge in [0.05, 0.1) is 18.2 Å². The van der Waals surface area contributed by atoms with Crippen LogP contribution in [0.4, 0.5) is 0 Å². The number of carbonyl (C=O) groups excluding carboxylic acids is 1. The van der Waals surface area contributed by atoms with E-state index in [1.165, 1.54) is 12.0 Å². The molecule has 6 nitrogen and oxygen atoms in total. The van der Waals surface area contributed by atoms with E-state index in [-0.39, 0.29) is 5.41 Å². The zero-order valence-corrected chi connectivity index (χ0v) is 14.8. The second-order valence-corrected chi connectivity index (χ2v) is 7.69. The number of aromatic nitrogens is 2. The molecule has 24 heavy (non-hydrogen) atoms. The summed E-state index contributed by atoms with van der Waals surface area (Å²) in [6, 6.07) is 0.960. The minimum atomic E-state index is -0.142. The number of methoxy groups -OCH3 is 1. The van der Waals surface area contributed by atoms with Crippen LogP contribution in [0.15, 0.2) is 12.4 Å². The largest absolute Gasteiger partial charge is 0.383 e. The third-order valence-corrected chi connectivity index (χ3v) is 6.33. The van der Waals surface area contributed by atoms with Gasteiger partial charge in [0, 0.05) is 57.6 Å². The Labute approximate surface area is 143 Å². The summed E-state index contributed by atoms with van der Waals surface area (Å²) in [5.74, 6) is 0.384. The first-order chi connectivity index (χ1) is 11.6. The van der Waals surface area contributed by atoms with Gasteiger partial charge in [-0.05, 0) is 32.1 Å². The molecule has 4 rings (SSSR count). The van der Waals surface area contributed by atoms with E-state index >= 15 is 0 Å². The molecule has 0 radical (unpaired) electrons. The van der Waals surface area contributed by atoms with Crippen molar-refractivity contribution in [3.8, 4) is 0 Å². The Bertz CT molecular complexity index is 616. The van der Waals surface area contributed by atoms with Gasteiger partial charge in [-0.1, -0.05) is 0 Å². The molecule has 3 atom stereocenters. The van der Waals surface area contributed by atoms with E-state index in [1.807, 2.05) is 17.9 Å². The number of piperidine rings is 1. The third kappa shape index (κ3) is 2.47. The zero-order valence-electron chi connectivity index (χ0n) is 14.8. The predicted octanol–water partition coefficient (Wildman–Crippen LogP) is 1.41. The average molecular weight is 332 g/mol. The van der Waals surface area contributed by atoms with E-state index in [1.54, 1.807) is 7.11 Å². The number of aryl methyl sites for hydroxylation is 1. The molecule has 0 saturated carbocycles. The maximum absolute atomic E-state index is 13.3. The van der Waals surface area contributed by atoms with Gasteiger partial charge in [0.25, 0.3) is 0 Å². The number of likely N-dealkylation sites (tertiary alicyclic amines) is 1. The Morgan fingerprint density at radius 1 is 1.42 bits per heavy atom. The van der Waals surface area contributed by atoms with E-state index in [2.05, 4.69) is 21.1 Å². The summed E-state index contributed by atoms with van der Waals surface area (Å²) in [5, 5.41) is 4.29. The van der Waals surface area contributed by atoms with Crippen LogP contribution in [0.2, 0.25) is 0 Å². The molecule has 3 aliphatic heterocycles. The molecule has 0 aliphatic carbocycles. The van der Waals surface area contributed by atoms with Crippen molar-refractivity contribution < 1.29 is 9.53 Å². The number of carbonyl (C=O) groups is 1. The number of fused-ring (bicyclic) bond motifs is 3. The molecule has 3 aliphatic rings. The van der Waals surface area contributed by atoms with E-state index < -0.39 is 0 Å². The molecular weight excluding hydrogens is 304 g/mol. The minimum Gasteiger partial charge on any atom is -0.383 e. The maximum atomic E-state index is 13.3. The second-order valence-electron chi connectivity index (χ2n) is 7.69. The summed E-state index contributed by atoms with van der Waals surface area (Å²) in [6.07, 6.45) is 9.67. The fourth-order valence-corrected chi connectivity index (χ4v) is 5.33. The molecular formula is C18H28N4O2. The lowest BCUT2D eigenvalue weighted by Crippen LogP contribution is -2.54. The van der Waals surface area contributed by atoms with Gasteiger partial charge in [0.2, 0.25) is 5.91 Å². The van der Waals surface area contributed by atoms with E-state index in [0.29, 0.717) is 24.6 Å². The van der Waals surface area contributed by atoms with Gasteiger partial charge in [-0.3, -0.25) is 14.4 Å². The molecule has 1 amide bonds. The van der Waals surface area contributed by atoms with Crippen molar-refractivity contribution in [2.24, 2.45) is 12.5 Å². The van der Waals surface area contributed by atoms with Gasteiger partial charge >= 0.3 is 0 Å². The van der Waals surface area contributed by atoms with Gasteiger partial charge in [-0.15, -0.1) is 0 Å². The molecule has 1 aromatic rings. The van der Waals surface area contributed by atoms with Crippen LogP contribution in [-0.2, 0) is 23.1 Å². The molecule has 3 fully saturated rings. The van der Waals surface area contributed by atoms with Crippen LogP contribution in [0.1, 0.15) is 37.7 Å². The topological polar surface area (TPSA) is 50.6 Å². The fraction of sp³-hybridized carbons (Fsp3) is 0.778. The predicted molar refractivity (Wildman–Crippen MR) is 90.3 cm³/mol. The van der Waals surface area contributed by atoms with Gasteiger partial charge in [-0.25, -0.2) is 0 Å². The monoisotopic (exact) mass is 332 g/mol. The molecule has 0 unspecified atom stereocenters. The standard InChI is InChI=1S/C18H28N4O2/c1-20-12-14(11-19-20)13-22-15-4-5-16(22)18(10-15)6-3-7-21(17(18)23)8-9-24-2/h11-12,15-16H,3-10,13H2,1-2H3/t15-,16-,18+/m1/s1. The van der Waals surface area contributed by atoms with Gasteiger partial charge in [-0.2, -0.15) is 5.10 Å². The lowest BCUT2D eigenvalue weighted by molar-refractivity contribution is -0.149. The van der Waals surface area contributed by atoms with Gasteiger partial charge in [0.1, 0.15) is 0 Å². The molecule has 2 bridgehead atoms. The summed E-state index contributed by atoms with van der Waals surface area (Å²) < 4.78 is 7.06. The molecule has 3 saturated heterocycles. The number of ether oxygens (including phenoxy) is 1. The number of rotatable bonds is 5. The first-order valence-corrected chi connectivity index (χ1v) is 9.15. The summed E-state index contributed by atoms with van der Waals surface area (Å²) >= 11 is 0. The highest BCUT2D eigenvalue weighted by atomic mass is 16.5. The number of hydrogen-bond acceptors (Lipinski definition) is 4. The SMILES string of the molecule is COCCN1CCC[C@@]2(C[C@H]3CC[C@H]2N3Cc2cnn(C)c2)C1=O. The van der Waals surface area contributed by atoms with Gasteiger partial charge in [0.15, 0.2) is 0 Å². The first kappa shape index (κ1) is 16.1. The smallest absolute Gasteiger partial charge is 0.230 e. The summed E-state index contributed by atoms with van der Waals surface area (Å²) in [4.78, 5) is 17.9. The van der Waals surface area contributed by atoms with Crippen molar-refractivity contribution in [3.05, 3.63) is 18.0 Å². The fourth-order valence-electron chi connectivity index (χ4n) is 5.33. The minimum absolute atomic E-state index is 0.142. The Hall–Kier alpha value is -1.40. The van der Waals surface area contributed by atoms with Crippen molar-refractivity contribution >= 4 is 5.91 Å². The number of hydrogen-bond donors (Lipinski definition) is 0. The van der Waals surface area contributed by atoms with Crippen molar-refractivity contribution in [1.82, 2.24) is 19.6 Å². The summed E-state index contributed by atoms with van der Waals surface area (Å²) in [6.45, 7) is 3.19. The van der Waals surface area contributed by atoms with Crippen LogP contribution in [0, 0.1) is 5.41 Å². The molecule has 1 aromatic heterocycles. The first-order valence-electron chi connectivity index (χ1n) is 9.15. The molecule has 1 spiro atoms. The quantitative estimate of drug-likeness (QED) is 0.818. The molecule has 4 heterocycles. The lowest BCUT2D eigenvalue weighted by Gasteiger charge is -2.44. The van der Waals surface area contributed by atoms with E-state index in [0.717, 1.165) is 45.3 Å². The molecule has 6 heteroatoms. The van der Waals surface area contributed by atoms with Crippen LogP contribution < -0.4 is 0 Å². The zero-order chi connectivity index (χ0) is 16.7. The van der Waals surface area contributed by atoms with Gasteiger partial charge < -0.3 is 9.64 Å². The number of nitrogens with zero attached hydrogens (tertiary/aromatic N) is 4. The van der Waals surface area contributed by atoms with Crippen molar-refractivity contribution in [1.29, 1.82) is 0 Å². The molecule has 132 valence electrons. The Morgan fingerprint density at radius 2 is 2.29 bits per heavy atom. The van der Waals surface area contributed by atoms with E-state index in [4.69, 9.17) is 4.74 Å². The Morgan fingerprint density at radius 3 is 3.04 bits per heavy atom. The van der Waals surface area contributed by atoms with Crippen molar-refractivity contribution in [2.45, 2.75) is 50.7 Å². The highest BCUT2D eigenvalue weighted by Gasteiger charge is 2.61. The summed E-state index contributed by atoms with van der Waals surface area (Å²) in [5.41, 5.74) is 1.11. The maximum Gasteiger partial charge on any atom is 0.230 e. The Kier molecular flexibility index (Phi) is 4.12. The summed E-state index contributed by atoms with van der Waals surface area (Å²) in [7, 11) is 3.67. The highest BCUT2D eigenvalue weighted by Crippen LogP contribution is 2.54. The van der Waals surface area contributed by atoms with Crippen LogP contribution >= 0.6 is 0 Å². The average Bonchev–Trinajstić information content (AvgIpc) is 3.24. The normalized spacial score (nSPS) is 33.1. The van der Waals surface area contributed by atoms with Crippen LogP contribution in [0.25, 0.3) is 0 Å². The van der Waals surface area contributed by atoms with Crippen LogP contribution in [0.5, 0.6) is 0 Å². The van der Waals surface area contributed by atoms with Crippen LogP contribution in [0.3, 0.4) is 0 Å². The molecule has 0 aromatic carbocycles. The number of amides is 1.